The fraction of sp³-hybridized carbons (Fsp3) is 0.286. The lowest BCUT2D eigenvalue weighted by atomic mass is 9.96. The number of amides is 1. The van der Waals surface area contributed by atoms with Crippen molar-refractivity contribution in [1.29, 1.82) is 0 Å². The molecule has 3 aromatic rings. The molecular weight excluding hydrogens is 378 g/mol. The van der Waals surface area contributed by atoms with Crippen molar-refractivity contribution in [2.24, 2.45) is 5.92 Å². The molecule has 0 spiro atoms. The fourth-order valence-electron chi connectivity index (χ4n) is 3.37. The zero-order valence-electron chi connectivity index (χ0n) is 15.6. The highest BCUT2D eigenvalue weighted by molar-refractivity contribution is 5.78. The van der Waals surface area contributed by atoms with E-state index in [-0.39, 0.29) is 23.9 Å². The zero-order valence-corrected chi connectivity index (χ0v) is 15.6. The summed E-state index contributed by atoms with van der Waals surface area (Å²) in [5.74, 6) is -1.15. The molecule has 6 nitrogen and oxygen atoms in total. The maximum absolute atomic E-state index is 13.7. The van der Waals surface area contributed by atoms with E-state index in [0.29, 0.717) is 37.8 Å². The van der Waals surface area contributed by atoms with Crippen LogP contribution in [0.25, 0.3) is 11.5 Å². The first kappa shape index (κ1) is 19.0. The summed E-state index contributed by atoms with van der Waals surface area (Å²) < 4.78 is 32.4. The summed E-state index contributed by atoms with van der Waals surface area (Å²) in [4.78, 5) is 14.4. The first-order valence-electron chi connectivity index (χ1n) is 9.45. The lowest BCUT2D eigenvalue weighted by molar-refractivity contribution is -0.125. The highest BCUT2D eigenvalue weighted by Crippen LogP contribution is 2.26. The van der Waals surface area contributed by atoms with Crippen molar-refractivity contribution in [2.45, 2.75) is 19.4 Å². The van der Waals surface area contributed by atoms with Crippen molar-refractivity contribution in [3.05, 3.63) is 65.7 Å². The molecule has 4 rings (SSSR count). The predicted octanol–water partition coefficient (Wildman–Crippen LogP) is 3.55. The lowest BCUT2D eigenvalue weighted by Gasteiger charge is -2.29. The number of carbonyl (C=O) groups excluding carboxylic acids is 1. The average Bonchev–Trinajstić information content (AvgIpc) is 3.24. The van der Waals surface area contributed by atoms with E-state index in [9.17, 15) is 13.6 Å². The maximum atomic E-state index is 13.7. The Morgan fingerprint density at radius 2 is 1.86 bits per heavy atom. The Kier molecular flexibility index (Phi) is 5.50. The molecule has 1 amide bonds. The predicted molar refractivity (Wildman–Crippen MR) is 103 cm³/mol. The van der Waals surface area contributed by atoms with Gasteiger partial charge in [-0.15, -0.1) is 5.10 Å². The maximum Gasteiger partial charge on any atom is 0.318 e. The van der Waals surface area contributed by atoms with E-state index in [4.69, 9.17) is 4.42 Å². The molecule has 1 aliphatic rings. The van der Waals surface area contributed by atoms with Crippen molar-refractivity contribution in [3.63, 3.8) is 0 Å². The van der Waals surface area contributed by atoms with E-state index in [1.54, 1.807) is 0 Å². The van der Waals surface area contributed by atoms with E-state index in [2.05, 4.69) is 15.5 Å². The number of anilines is 1. The van der Waals surface area contributed by atoms with Gasteiger partial charge in [-0.05, 0) is 31.0 Å². The van der Waals surface area contributed by atoms with Gasteiger partial charge in [0, 0.05) is 42.7 Å². The summed E-state index contributed by atoms with van der Waals surface area (Å²) in [6.45, 7) is 1.26. The van der Waals surface area contributed by atoms with Crippen LogP contribution in [-0.2, 0) is 11.3 Å². The minimum absolute atomic E-state index is 0.0370. The van der Waals surface area contributed by atoms with Crippen molar-refractivity contribution >= 4 is 11.9 Å². The minimum Gasteiger partial charge on any atom is -0.403 e. The second-order valence-corrected chi connectivity index (χ2v) is 6.97. The van der Waals surface area contributed by atoms with Crippen molar-refractivity contribution in [1.82, 2.24) is 15.5 Å². The van der Waals surface area contributed by atoms with Gasteiger partial charge >= 0.3 is 6.01 Å². The molecule has 2 aromatic carbocycles. The number of piperidine rings is 1. The molecule has 0 unspecified atom stereocenters. The van der Waals surface area contributed by atoms with Crippen LogP contribution in [0.3, 0.4) is 0 Å². The summed E-state index contributed by atoms with van der Waals surface area (Å²) in [5, 5.41) is 10.9. The highest BCUT2D eigenvalue weighted by atomic mass is 19.1. The Morgan fingerprint density at radius 3 is 2.59 bits per heavy atom. The molecule has 0 radical (unpaired) electrons. The third kappa shape index (κ3) is 4.42. The molecule has 150 valence electrons. The van der Waals surface area contributed by atoms with Crippen LogP contribution in [0.15, 0.2) is 52.9 Å². The first-order chi connectivity index (χ1) is 14.1. The molecule has 0 bridgehead atoms. The van der Waals surface area contributed by atoms with E-state index in [1.807, 2.05) is 35.2 Å². The molecule has 1 aromatic heterocycles. The molecule has 1 fully saturated rings. The molecule has 1 N–H and O–H groups in total. The number of hydrogen-bond acceptors (Lipinski definition) is 5. The smallest absolute Gasteiger partial charge is 0.318 e. The molecule has 1 aliphatic heterocycles. The van der Waals surface area contributed by atoms with Crippen molar-refractivity contribution < 1.29 is 18.0 Å². The number of benzene rings is 2. The largest absolute Gasteiger partial charge is 0.403 e. The zero-order chi connectivity index (χ0) is 20.2. The van der Waals surface area contributed by atoms with E-state index >= 15 is 0 Å². The minimum atomic E-state index is -0.661. The molecular formula is C21H20F2N4O2. The molecule has 8 heteroatoms. The standard InChI is InChI=1S/C21H20F2N4O2/c22-17-7-6-16(18(23)12-17)13-24-19(28)14-8-10-27(11-9-14)21-26-25-20(29-21)15-4-2-1-3-5-15/h1-7,12,14H,8-11,13H2,(H,24,28). The van der Waals surface area contributed by atoms with Crippen molar-refractivity contribution in [2.75, 3.05) is 18.0 Å². The van der Waals surface area contributed by atoms with Gasteiger partial charge in [0.05, 0.1) is 0 Å². The number of carbonyl (C=O) groups is 1. The van der Waals surface area contributed by atoms with Gasteiger partial charge in [0.1, 0.15) is 11.6 Å². The third-order valence-electron chi connectivity index (χ3n) is 5.04. The SMILES string of the molecule is O=C(NCc1ccc(F)cc1F)C1CCN(c2nnc(-c3ccccc3)o2)CC1. The van der Waals surface area contributed by atoms with Gasteiger partial charge in [-0.1, -0.05) is 29.4 Å². The molecule has 0 atom stereocenters. The Hall–Kier alpha value is -3.29. The van der Waals surface area contributed by atoms with E-state index in [1.165, 1.54) is 12.1 Å². The average molecular weight is 398 g/mol. The summed E-state index contributed by atoms with van der Waals surface area (Å²) >= 11 is 0. The van der Waals surface area contributed by atoms with Crippen LogP contribution >= 0.6 is 0 Å². The number of nitrogens with zero attached hydrogens (tertiary/aromatic N) is 3. The summed E-state index contributed by atoms with van der Waals surface area (Å²) in [5.41, 5.74) is 1.12. The molecule has 29 heavy (non-hydrogen) atoms. The number of hydrogen-bond donors (Lipinski definition) is 1. The second kappa shape index (κ2) is 8.38. The van der Waals surface area contributed by atoms with Gasteiger partial charge in [0.2, 0.25) is 11.8 Å². The van der Waals surface area contributed by atoms with Gasteiger partial charge in [-0.3, -0.25) is 4.79 Å². The number of halogens is 2. The van der Waals surface area contributed by atoms with Crippen LogP contribution in [-0.4, -0.2) is 29.2 Å². The number of rotatable bonds is 5. The highest BCUT2D eigenvalue weighted by Gasteiger charge is 2.27. The quantitative estimate of drug-likeness (QED) is 0.712. The lowest BCUT2D eigenvalue weighted by Crippen LogP contribution is -2.40. The normalized spacial score (nSPS) is 14.8. The van der Waals surface area contributed by atoms with Gasteiger partial charge in [0.25, 0.3) is 0 Å². The topological polar surface area (TPSA) is 71.3 Å². The molecule has 0 aliphatic carbocycles. The van der Waals surface area contributed by atoms with Gasteiger partial charge in [-0.2, -0.15) is 0 Å². The summed E-state index contributed by atoms with van der Waals surface area (Å²) in [7, 11) is 0. The number of nitrogens with one attached hydrogen (secondary N) is 1. The molecule has 0 saturated carbocycles. The van der Waals surface area contributed by atoms with Gasteiger partial charge in [-0.25, -0.2) is 8.78 Å². The van der Waals surface area contributed by atoms with Gasteiger partial charge < -0.3 is 14.6 Å². The van der Waals surface area contributed by atoms with Crippen LogP contribution < -0.4 is 10.2 Å². The fourth-order valence-corrected chi connectivity index (χ4v) is 3.37. The number of aromatic nitrogens is 2. The Bertz CT molecular complexity index is 985. The van der Waals surface area contributed by atoms with Crippen LogP contribution in [0, 0.1) is 17.6 Å². The third-order valence-corrected chi connectivity index (χ3v) is 5.04. The Morgan fingerprint density at radius 1 is 1.10 bits per heavy atom. The second-order valence-electron chi connectivity index (χ2n) is 6.97. The monoisotopic (exact) mass is 398 g/mol. The van der Waals surface area contributed by atoms with Crippen molar-refractivity contribution in [3.8, 4) is 11.5 Å². The van der Waals surface area contributed by atoms with Gasteiger partial charge in [0.15, 0.2) is 0 Å². The van der Waals surface area contributed by atoms with Crippen LogP contribution in [0.4, 0.5) is 14.8 Å². The van der Waals surface area contributed by atoms with Crippen LogP contribution in [0.1, 0.15) is 18.4 Å². The Labute approximate surface area is 166 Å². The molecule has 1 saturated heterocycles. The summed E-state index contributed by atoms with van der Waals surface area (Å²) in [6.07, 6.45) is 1.25. The van der Waals surface area contributed by atoms with E-state index < -0.39 is 11.6 Å². The Balaban J connectivity index is 1.30. The first-order valence-corrected chi connectivity index (χ1v) is 9.45. The summed E-state index contributed by atoms with van der Waals surface area (Å²) in [6, 6.07) is 13.3. The van der Waals surface area contributed by atoms with Crippen LogP contribution in [0.5, 0.6) is 0 Å². The molecule has 2 heterocycles. The van der Waals surface area contributed by atoms with E-state index in [0.717, 1.165) is 11.6 Å². The van der Waals surface area contributed by atoms with Crippen LogP contribution in [0.2, 0.25) is 0 Å².